The predicted octanol–water partition coefficient (Wildman–Crippen LogP) is 3.97. The Morgan fingerprint density at radius 1 is 1.05 bits per heavy atom. The van der Waals surface area contributed by atoms with Crippen LogP contribution in [0, 0.1) is 5.92 Å². The lowest BCUT2D eigenvalue weighted by Crippen LogP contribution is -2.57. The average Bonchev–Trinajstić information content (AvgIpc) is 3.06. The maximum atomic E-state index is 13.9. The molecule has 0 unspecified atom stereocenters. The summed E-state index contributed by atoms with van der Waals surface area (Å²) in [6.07, 6.45) is 5.10. The van der Waals surface area contributed by atoms with Crippen molar-refractivity contribution < 1.29 is 24.2 Å². The Labute approximate surface area is 217 Å². The van der Waals surface area contributed by atoms with Gasteiger partial charge >= 0.3 is 12.0 Å². The van der Waals surface area contributed by atoms with E-state index in [0.29, 0.717) is 51.4 Å². The second kappa shape index (κ2) is 10.4. The summed E-state index contributed by atoms with van der Waals surface area (Å²) in [4.78, 5) is 44.2. The van der Waals surface area contributed by atoms with E-state index in [1.165, 1.54) is 11.3 Å². The van der Waals surface area contributed by atoms with Crippen LogP contribution < -0.4 is 9.64 Å². The number of amides is 3. The zero-order valence-corrected chi connectivity index (χ0v) is 21.4. The lowest BCUT2D eigenvalue weighted by atomic mass is 9.83. The smallest absolute Gasteiger partial charge is 0.327 e. The van der Waals surface area contributed by atoms with Crippen molar-refractivity contribution in [2.45, 2.75) is 50.5 Å². The summed E-state index contributed by atoms with van der Waals surface area (Å²) in [5.41, 5.74) is 2.00. The fourth-order valence-electron chi connectivity index (χ4n) is 5.88. The molecule has 2 aliphatic heterocycles. The Bertz CT molecular complexity index is 1150. The molecule has 0 aromatic heterocycles. The first-order valence-electron chi connectivity index (χ1n) is 13.2. The Hall–Kier alpha value is -3.55. The number of carbonyl (C=O) groups excluding carboxylic acids is 2. The fourth-order valence-corrected chi connectivity index (χ4v) is 5.88. The van der Waals surface area contributed by atoms with Crippen molar-refractivity contribution in [2.75, 3.05) is 38.2 Å². The van der Waals surface area contributed by atoms with Gasteiger partial charge in [-0.3, -0.25) is 14.5 Å². The molecular formula is C29H35N3O5. The summed E-state index contributed by atoms with van der Waals surface area (Å²) < 4.78 is 5.26. The second-order valence-electron chi connectivity index (χ2n) is 10.5. The molecule has 8 heteroatoms. The maximum absolute atomic E-state index is 13.9. The van der Waals surface area contributed by atoms with Gasteiger partial charge in [0.2, 0.25) is 0 Å². The third-order valence-electron chi connectivity index (χ3n) is 8.29. The van der Waals surface area contributed by atoms with Crippen molar-refractivity contribution in [2.24, 2.45) is 5.92 Å². The van der Waals surface area contributed by atoms with Crippen LogP contribution in [0.2, 0.25) is 0 Å². The lowest BCUT2D eigenvalue weighted by Gasteiger charge is -2.43. The van der Waals surface area contributed by atoms with Crippen LogP contribution in [0.15, 0.2) is 48.5 Å². The number of hydrogen-bond donors (Lipinski definition) is 1. The third-order valence-corrected chi connectivity index (χ3v) is 8.29. The molecule has 0 bridgehead atoms. The molecule has 1 N–H and O–H groups in total. The minimum atomic E-state index is -0.858. The van der Waals surface area contributed by atoms with Crippen molar-refractivity contribution in [3.05, 3.63) is 59.7 Å². The molecule has 8 nitrogen and oxygen atoms in total. The molecule has 1 aliphatic carbocycles. The molecule has 3 fully saturated rings. The Kier molecular flexibility index (Phi) is 7.09. The standard InChI is InChI=1S/C29H35N3O5/c1-37-25-10-8-21(9-11-25)12-15-32-28(36)31(20-22-4-2-5-22)27(35)29(32)13-16-30(17-14-29)24-7-3-6-23(18-24)19-26(33)34/h3,6-11,18,22H,2,4-5,12-17,19-20H2,1H3,(H,33,34). The normalized spacial score (nSPS) is 19.4. The Balaban J connectivity index is 1.34. The van der Waals surface area contributed by atoms with Crippen molar-refractivity contribution in [1.82, 2.24) is 9.80 Å². The SMILES string of the molecule is COc1ccc(CCN2C(=O)N(CC3CCC3)C(=O)C23CCN(c2cccc(CC(=O)O)c2)CC3)cc1. The molecule has 0 atom stereocenters. The van der Waals surface area contributed by atoms with Crippen molar-refractivity contribution >= 4 is 23.6 Å². The molecule has 5 rings (SSSR count). The average molecular weight is 506 g/mol. The number of hydrogen-bond acceptors (Lipinski definition) is 5. The molecule has 196 valence electrons. The number of nitrogens with zero attached hydrogens (tertiary/aromatic N) is 3. The highest BCUT2D eigenvalue weighted by molar-refractivity contribution is 6.07. The zero-order chi connectivity index (χ0) is 26.0. The lowest BCUT2D eigenvalue weighted by molar-refractivity contribution is -0.136. The van der Waals surface area contributed by atoms with Crippen molar-refractivity contribution in [3.63, 3.8) is 0 Å². The Morgan fingerprint density at radius 3 is 2.41 bits per heavy atom. The van der Waals surface area contributed by atoms with Gasteiger partial charge in [0, 0.05) is 31.9 Å². The summed E-state index contributed by atoms with van der Waals surface area (Å²) in [5, 5.41) is 9.16. The summed E-state index contributed by atoms with van der Waals surface area (Å²) in [6, 6.07) is 15.3. The van der Waals surface area contributed by atoms with Crippen LogP contribution in [0.25, 0.3) is 0 Å². The first kappa shape index (κ1) is 25.1. The number of urea groups is 1. The number of benzene rings is 2. The molecule has 0 radical (unpaired) electrons. The number of carbonyl (C=O) groups is 3. The first-order valence-corrected chi connectivity index (χ1v) is 13.2. The third kappa shape index (κ3) is 5.02. The number of carboxylic acids is 1. The van der Waals surface area contributed by atoms with Gasteiger partial charge in [-0.15, -0.1) is 0 Å². The highest BCUT2D eigenvalue weighted by atomic mass is 16.5. The van der Waals surface area contributed by atoms with E-state index in [0.717, 1.165) is 35.4 Å². The van der Waals surface area contributed by atoms with E-state index in [1.54, 1.807) is 7.11 Å². The Morgan fingerprint density at radius 2 is 1.78 bits per heavy atom. The molecule has 2 heterocycles. The molecular weight excluding hydrogens is 470 g/mol. The number of aliphatic carboxylic acids is 1. The van der Waals surface area contributed by atoms with Crippen LogP contribution in [0.1, 0.15) is 43.2 Å². The van der Waals surface area contributed by atoms with E-state index in [1.807, 2.05) is 53.4 Å². The number of carboxylic acid groups (broad SMARTS) is 1. The van der Waals surface area contributed by atoms with E-state index in [2.05, 4.69) is 4.90 Å². The molecule has 1 saturated carbocycles. The summed E-state index contributed by atoms with van der Waals surface area (Å²) in [5.74, 6) is 0.310. The maximum Gasteiger partial charge on any atom is 0.327 e. The van der Waals surface area contributed by atoms with E-state index >= 15 is 0 Å². The van der Waals surface area contributed by atoms with E-state index in [-0.39, 0.29) is 18.4 Å². The van der Waals surface area contributed by atoms with Gasteiger partial charge in [-0.25, -0.2) is 4.79 Å². The molecule has 2 saturated heterocycles. The van der Waals surface area contributed by atoms with Gasteiger partial charge in [-0.1, -0.05) is 30.7 Å². The minimum Gasteiger partial charge on any atom is -0.497 e. The number of ether oxygens (including phenoxy) is 1. The number of imide groups is 1. The van der Waals surface area contributed by atoms with Gasteiger partial charge in [-0.2, -0.15) is 0 Å². The molecule has 3 aliphatic rings. The van der Waals surface area contributed by atoms with Crippen LogP contribution in [0.3, 0.4) is 0 Å². The fraction of sp³-hybridized carbons (Fsp3) is 0.483. The van der Waals surface area contributed by atoms with Gasteiger partial charge in [0.05, 0.1) is 13.5 Å². The van der Waals surface area contributed by atoms with Crippen LogP contribution in [0.5, 0.6) is 5.75 Å². The minimum absolute atomic E-state index is 0.0200. The van der Waals surface area contributed by atoms with Crippen LogP contribution >= 0.6 is 0 Å². The van der Waals surface area contributed by atoms with Gasteiger partial charge < -0.3 is 19.6 Å². The largest absolute Gasteiger partial charge is 0.497 e. The van der Waals surface area contributed by atoms with Gasteiger partial charge in [0.25, 0.3) is 5.91 Å². The molecule has 3 amide bonds. The number of piperidine rings is 1. The van der Waals surface area contributed by atoms with E-state index < -0.39 is 11.5 Å². The molecule has 1 spiro atoms. The monoisotopic (exact) mass is 505 g/mol. The summed E-state index contributed by atoms with van der Waals surface area (Å²) >= 11 is 0. The van der Waals surface area contributed by atoms with Gasteiger partial charge in [-0.05, 0) is 73.4 Å². The van der Waals surface area contributed by atoms with Crippen molar-refractivity contribution in [1.29, 1.82) is 0 Å². The van der Waals surface area contributed by atoms with E-state index in [4.69, 9.17) is 9.84 Å². The zero-order valence-electron chi connectivity index (χ0n) is 21.4. The van der Waals surface area contributed by atoms with Crippen LogP contribution in [0.4, 0.5) is 10.5 Å². The van der Waals surface area contributed by atoms with Gasteiger partial charge in [0.1, 0.15) is 11.3 Å². The summed E-state index contributed by atoms with van der Waals surface area (Å²) in [6.45, 7) is 2.28. The second-order valence-corrected chi connectivity index (χ2v) is 10.5. The number of methoxy groups -OCH3 is 1. The topological polar surface area (TPSA) is 90.4 Å². The van der Waals surface area contributed by atoms with Gasteiger partial charge in [0.15, 0.2) is 0 Å². The number of rotatable bonds is 9. The molecule has 37 heavy (non-hydrogen) atoms. The first-order chi connectivity index (χ1) is 17.9. The summed E-state index contributed by atoms with van der Waals surface area (Å²) in [7, 11) is 1.64. The quantitative estimate of drug-likeness (QED) is 0.519. The highest BCUT2D eigenvalue weighted by Gasteiger charge is 2.58. The van der Waals surface area contributed by atoms with Crippen LogP contribution in [-0.4, -0.2) is 71.6 Å². The number of anilines is 1. The predicted molar refractivity (Wildman–Crippen MR) is 140 cm³/mol. The molecule has 2 aromatic rings. The van der Waals surface area contributed by atoms with Crippen LogP contribution in [-0.2, 0) is 22.4 Å². The van der Waals surface area contributed by atoms with E-state index in [9.17, 15) is 14.4 Å². The van der Waals surface area contributed by atoms with Crippen molar-refractivity contribution in [3.8, 4) is 5.75 Å². The highest BCUT2D eigenvalue weighted by Crippen LogP contribution is 2.40. The molecule has 2 aromatic carbocycles.